The number of amides is 1. The molecule has 1 N–H and O–H groups in total. The number of nitrogens with one attached hydrogen (secondary N) is 1. The molecule has 1 amide bonds. The predicted molar refractivity (Wildman–Crippen MR) is 112 cm³/mol. The molecule has 27 heavy (non-hydrogen) atoms. The first-order valence-electron chi connectivity index (χ1n) is 7.97. The number of halogens is 2. The van der Waals surface area contributed by atoms with E-state index in [0.29, 0.717) is 15.4 Å². The van der Waals surface area contributed by atoms with Crippen molar-refractivity contribution >= 4 is 50.5 Å². The fourth-order valence-electron chi connectivity index (χ4n) is 2.52. The number of nitrogens with zero attached hydrogens (tertiary/aromatic N) is 1. The fraction of sp³-hybridized carbons (Fsp3) is 0. The number of hydrogen-bond acceptors (Lipinski definition) is 4. The van der Waals surface area contributed by atoms with Gasteiger partial charge in [0.15, 0.2) is 10.4 Å². The maximum absolute atomic E-state index is 12.2. The Morgan fingerprint density at radius 3 is 2.63 bits per heavy atom. The van der Waals surface area contributed by atoms with Crippen molar-refractivity contribution in [2.24, 2.45) is 0 Å². The van der Waals surface area contributed by atoms with E-state index < -0.39 is 0 Å². The van der Waals surface area contributed by atoms with Crippen LogP contribution in [0.25, 0.3) is 21.8 Å². The molecule has 0 aliphatic rings. The summed E-state index contributed by atoms with van der Waals surface area (Å²) >= 11 is 10.7. The van der Waals surface area contributed by atoms with Gasteiger partial charge in [0.2, 0.25) is 0 Å². The van der Waals surface area contributed by atoms with Crippen molar-refractivity contribution in [2.75, 3.05) is 5.32 Å². The van der Waals surface area contributed by atoms with Gasteiger partial charge in [0.25, 0.3) is 5.91 Å². The summed E-state index contributed by atoms with van der Waals surface area (Å²) in [5, 5.41) is 6.44. The Morgan fingerprint density at radius 2 is 1.89 bits per heavy atom. The number of rotatable bonds is 4. The van der Waals surface area contributed by atoms with Gasteiger partial charge in [-0.05, 0) is 52.3 Å². The number of furan rings is 1. The molecule has 0 unspecified atom stereocenters. The first-order chi connectivity index (χ1) is 13.1. The topological polar surface area (TPSA) is 55.1 Å². The van der Waals surface area contributed by atoms with Gasteiger partial charge >= 0.3 is 0 Å². The zero-order chi connectivity index (χ0) is 18.8. The summed E-state index contributed by atoms with van der Waals surface area (Å²) < 4.78 is 5.79. The minimum absolute atomic E-state index is 0.242. The summed E-state index contributed by atoms with van der Waals surface area (Å²) in [6, 6.07) is 18.4. The highest BCUT2D eigenvalue weighted by molar-refractivity contribution is 9.10. The van der Waals surface area contributed by atoms with Crippen LogP contribution in [0.15, 0.2) is 75.1 Å². The van der Waals surface area contributed by atoms with Gasteiger partial charge in [-0.25, -0.2) is 4.98 Å². The van der Waals surface area contributed by atoms with E-state index in [1.54, 1.807) is 23.5 Å². The molecular weight excluding hydrogens is 448 g/mol. The van der Waals surface area contributed by atoms with Gasteiger partial charge in [0.1, 0.15) is 5.01 Å². The molecule has 0 radical (unpaired) electrons. The third-order valence-electron chi connectivity index (χ3n) is 3.81. The van der Waals surface area contributed by atoms with Crippen LogP contribution in [0.3, 0.4) is 0 Å². The standard InChI is InChI=1S/C20H12BrClN2O2S/c21-18-9-8-17(26-18)19(25)23-15-3-1-2-13(10-15)16-11-27-20(24-16)12-4-6-14(22)7-5-12/h1-11H,(H,23,25). The third-order valence-corrected chi connectivity index (χ3v) is 5.38. The highest BCUT2D eigenvalue weighted by atomic mass is 79.9. The number of hydrogen-bond donors (Lipinski definition) is 1. The highest BCUT2D eigenvalue weighted by Crippen LogP contribution is 2.30. The smallest absolute Gasteiger partial charge is 0.291 e. The van der Waals surface area contributed by atoms with Crippen LogP contribution in [0.4, 0.5) is 5.69 Å². The molecule has 2 aromatic heterocycles. The first kappa shape index (κ1) is 18.0. The SMILES string of the molecule is O=C(Nc1cccc(-c2csc(-c3ccc(Cl)cc3)n2)c1)c1ccc(Br)o1. The van der Waals surface area contributed by atoms with Crippen LogP contribution >= 0.6 is 38.9 Å². The average molecular weight is 460 g/mol. The maximum atomic E-state index is 12.2. The maximum Gasteiger partial charge on any atom is 0.291 e. The quantitative estimate of drug-likeness (QED) is 0.368. The van der Waals surface area contributed by atoms with Gasteiger partial charge < -0.3 is 9.73 Å². The molecule has 0 spiro atoms. The molecule has 0 aliphatic carbocycles. The molecule has 0 saturated heterocycles. The second kappa shape index (κ2) is 7.68. The molecule has 0 atom stereocenters. The number of thiazole rings is 1. The van der Waals surface area contributed by atoms with Gasteiger partial charge in [0.05, 0.1) is 5.69 Å². The molecule has 134 valence electrons. The lowest BCUT2D eigenvalue weighted by atomic mass is 10.1. The van der Waals surface area contributed by atoms with Crippen LogP contribution in [0.2, 0.25) is 5.02 Å². The van der Waals surface area contributed by atoms with Crippen molar-refractivity contribution in [3.8, 4) is 21.8 Å². The highest BCUT2D eigenvalue weighted by Gasteiger charge is 2.12. The minimum atomic E-state index is -0.307. The van der Waals surface area contributed by atoms with Crippen LogP contribution in [-0.2, 0) is 0 Å². The van der Waals surface area contributed by atoms with Gasteiger partial charge in [-0.15, -0.1) is 11.3 Å². The summed E-state index contributed by atoms with van der Waals surface area (Å²) in [7, 11) is 0. The Balaban J connectivity index is 1.56. The molecular formula is C20H12BrClN2O2S. The lowest BCUT2D eigenvalue weighted by molar-refractivity contribution is 0.0995. The Morgan fingerprint density at radius 1 is 1.07 bits per heavy atom. The summed E-state index contributed by atoms with van der Waals surface area (Å²) in [6.45, 7) is 0. The van der Waals surface area contributed by atoms with Crippen LogP contribution in [0.1, 0.15) is 10.6 Å². The number of benzene rings is 2. The Kier molecular flexibility index (Phi) is 5.11. The van der Waals surface area contributed by atoms with E-state index in [2.05, 4.69) is 21.2 Å². The third kappa shape index (κ3) is 4.13. The number of carbonyl (C=O) groups is 1. The lowest BCUT2D eigenvalue weighted by Crippen LogP contribution is -2.10. The summed E-state index contributed by atoms with van der Waals surface area (Å²) in [6.07, 6.45) is 0. The van der Waals surface area contributed by atoms with E-state index in [1.807, 2.05) is 53.9 Å². The monoisotopic (exact) mass is 458 g/mol. The van der Waals surface area contributed by atoms with E-state index in [1.165, 1.54) is 0 Å². The van der Waals surface area contributed by atoms with Gasteiger partial charge in [-0.1, -0.05) is 35.9 Å². The van der Waals surface area contributed by atoms with E-state index >= 15 is 0 Å². The number of aromatic nitrogens is 1. The second-order valence-electron chi connectivity index (χ2n) is 5.68. The first-order valence-corrected chi connectivity index (χ1v) is 10.0. The zero-order valence-electron chi connectivity index (χ0n) is 13.8. The fourth-order valence-corrected chi connectivity index (χ4v) is 3.78. The van der Waals surface area contributed by atoms with Crippen molar-refractivity contribution in [1.29, 1.82) is 0 Å². The van der Waals surface area contributed by atoms with E-state index in [0.717, 1.165) is 21.8 Å². The lowest BCUT2D eigenvalue weighted by Gasteiger charge is -2.05. The molecule has 7 heteroatoms. The van der Waals surface area contributed by atoms with Crippen molar-refractivity contribution < 1.29 is 9.21 Å². The molecule has 4 aromatic rings. The second-order valence-corrected chi connectivity index (χ2v) is 7.76. The molecule has 0 fully saturated rings. The molecule has 4 nitrogen and oxygen atoms in total. The van der Waals surface area contributed by atoms with Crippen LogP contribution < -0.4 is 5.32 Å². The largest absolute Gasteiger partial charge is 0.444 e. The molecule has 0 bridgehead atoms. The van der Waals surface area contributed by atoms with E-state index in [9.17, 15) is 4.79 Å². The average Bonchev–Trinajstić information content (AvgIpc) is 3.32. The number of anilines is 1. The summed E-state index contributed by atoms with van der Waals surface area (Å²) in [5.41, 5.74) is 3.46. The molecule has 0 aliphatic heterocycles. The predicted octanol–water partition coefficient (Wildman–Crippen LogP) is 6.74. The van der Waals surface area contributed by atoms with Crippen LogP contribution in [0, 0.1) is 0 Å². The van der Waals surface area contributed by atoms with Gasteiger partial charge in [-0.2, -0.15) is 0 Å². The number of carbonyl (C=O) groups excluding carboxylic acids is 1. The molecule has 0 saturated carbocycles. The Labute approximate surface area is 173 Å². The van der Waals surface area contributed by atoms with Crippen LogP contribution in [-0.4, -0.2) is 10.9 Å². The Hall–Kier alpha value is -2.41. The summed E-state index contributed by atoms with van der Waals surface area (Å²) in [4.78, 5) is 16.9. The minimum Gasteiger partial charge on any atom is -0.444 e. The molecule has 2 aromatic carbocycles. The van der Waals surface area contributed by atoms with E-state index in [-0.39, 0.29) is 11.7 Å². The van der Waals surface area contributed by atoms with Gasteiger partial charge in [0, 0.05) is 27.2 Å². The van der Waals surface area contributed by atoms with E-state index in [4.69, 9.17) is 21.0 Å². The van der Waals surface area contributed by atoms with Crippen molar-refractivity contribution in [2.45, 2.75) is 0 Å². The summed E-state index contributed by atoms with van der Waals surface area (Å²) in [5.74, 6) is -0.0658. The van der Waals surface area contributed by atoms with Gasteiger partial charge in [-0.3, -0.25) is 4.79 Å². The normalized spacial score (nSPS) is 10.7. The zero-order valence-corrected chi connectivity index (χ0v) is 16.9. The van der Waals surface area contributed by atoms with Crippen LogP contribution in [0.5, 0.6) is 0 Å². The Bertz CT molecular complexity index is 1110. The molecule has 2 heterocycles. The van der Waals surface area contributed by atoms with Crippen molar-refractivity contribution in [3.05, 3.63) is 81.5 Å². The molecule has 4 rings (SSSR count). The van der Waals surface area contributed by atoms with Crippen molar-refractivity contribution in [3.63, 3.8) is 0 Å². The van der Waals surface area contributed by atoms with Crippen molar-refractivity contribution in [1.82, 2.24) is 4.98 Å².